The third kappa shape index (κ3) is 12.0. The van der Waals surface area contributed by atoms with E-state index in [1.807, 2.05) is 0 Å². The molecule has 0 nitrogen and oxygen atoms in total. The van der Waals surface area contributed by atoms with Crippen LogP contribution in [0.15, 0.2) is 11.8 Å². The van der Waals surface area contributed by atoms with Gasteiger partial charge >= 0.3 is 0 Å². The first-order chi connectivity index (χ1) is 6.41. The monoisotopic (exact) mass is 196 g/mol. The molecule has 0 aliphatic rings. The van der Waals surface area contributed by atoms with Crippen molar-refractivity contribution in [1.82, 2.24) is 0 Å². The van der Waals surface area contributed by atoms with Gasteiger partial charge in [0.15, 0.2) is 0 Å². The SMILES string of the molecule is CCCCCCC=C[Si]CCCC. The van der Waals surface area contributed by atoms with Crippen LogP contribution in [-0.2, 0) is 0 Å². The zero-order chi connectivity index (χ0) is 9.78. The van der Waals surface area contributed by atoms with Gasteiger partial charge in [-0.2, -0.15) is 0 Å². The highest BCUT2D eigenvalue weighted by Gasteiger charge is 1.85. The summed E-state index contributed by atoms with van der Waals surface area (Å²) in [5, 5.41) is 0. The predicted molar refractivity (Wildman–Crippen MR) is 63.4 cm³/mol. The van der Waals surface area contributed by atoms with Crippen LogP contribution in [0, 0.1) is 0 Å². The molecule has 0 aliphatic carbocycles. The molecule has 0 atom stereocenters. The first-order valence-electron chi connectivity index (χ1n) is 5.80. The number of rotatable bonds is 9. The fourth-order valence-corrected chi connectivity index (χ4v) is 2.28. The van der Waals surface area contributed by atoms with Crippen molar-refractivity contribution >= 4 is 9.52 Å². The molecule has 2 radical (unpaired) electrons. The second-order valence-electron chi connectivity index (χ2n) is 3.56. The molecule has 0 aromatic carbocycles. The average Bonchev–Trinajstić information content (AvgIpc) is 2.16. The van der Waals surface area contributed by atoms with Gasteiger partial charge in [0.05, 0.1) is 9.52 Å². The summed E-state index contributed by atoms with van der Waals surface area (Å²) in [5.74, 6) is 0. The second kappa shape index (κ2) is 12.0. The van der Waals surface area contributed by atoms with Gasteiger partial charge in [-0.1, -0.05) is 58.1 Å². The highest BCUT2D eigenvalue weighted by Crippen LogP contribution is 2.02. The summed E-state index contributed by atoms with van der Waals surface area (Å²) in [4.78, 5) is 0. The van der Waals surface area contributed by atoms with Crippen LogP contribution in [0.4, 0.5) is 0 Å². The van der Waals surface area contributed by atoms with E-state index in [-0.39, 0.29) is 0 Å². The van der Waals surface area contributed by atoms with Crippen LogP contribution in [0.5, 0.6) is 0 Å². The molecular weight excluding hydrogens is 172 g/mol. The number of unbranched alkanes of at least 4 members (excludes halogenated alkanes) is 5. The van der Waals surface area contributed by atoms with E-state index in [1.165, 1.54) is 51.0 Å². The van der Waals surface area contributed by atoms with Crippen LogP contribution < -0.4 is 0 Å². The second-order valence-corrected chi connectivity index (χ2v) is 4.80. The van der Waals surface area contributed by atoms with E-state index in [0.29, 0.717) is 0 Å². The fourth-order valence-electron chi connectivity index (χ4n) is 1.22. The Labute approximate surface area is 86.6 Å². The molecule has 1 heteroatoms. The Hall–Kier alpha value is -0.0431. The van der Waals surface area contributed by atoms with Gasteiger partial charge in [-0.15, -0.1) is 5.70 Å². The maximum atomic E-state index is 2.39. The van der Waals surface area contributed by atoms with Crippen LogP contribution in [0.3, 0.4) is 0 Å². The molecule has 0 N–H and O–H groups in total. The lowest BCUT2D eigenvalue weighted by Crippen LogP contribution is -1.83. The van der Waals surface area contributed by atoms with Crippen molar-refractivity contribution in [2.45, 2.75) is 64.8 Å². The highest BCUT2D eigenvalue weighted by molar-refractivity contribution is 6.41. The van der Waals surface area contributed by atoms with Crippen LogP contribution in [0.25, 0.3) is 0 Å². The topological polar surface area (TPSA) is 0 Å². The van der Waals surface area contributed by atoms with Crippen molar-refractivity contribution < 1.29 is 0 Å². The van der Waals surface area contributed by atoms with E-state index in [0.717, 1.165) is 9.52 Å². The van der Waals surface area contributed by atoms with Crippen molar-refractivity contribution in [1.29, 1.82) is 0 Å². The van der Waals surface area contributed by atoms with E-state index in [9.17, 15) is 0 Å². The van der Waals surface area contributed by atoms with Crippen molar-refractivity contribution in [3.8, 4) is 0 Å². The Bertz CT molecular complexity index is 108. The summed E-state index contributed by atoms with van der Waals surface area (Å²) in [5.41, 5.74) is 2.39. The van der Waals surface area contributed by atoms with Gasteiger partial charge in [0.2, 0.25) is 0 Å². The minimum Gasteiger partial charge on any atom is -0.103 e. The first-order valence-corrected chi connectivity index (χ1v) is 7.08. The number of hydrogen-bond donors (Lipinski definition) is 0. The molecule has 76 valence electrons. The Balaban J connectivity index is 2.95. The average molecular weight is 196 g/mol. The van der Waals surface area contributed by atoms with Crippen molar-refractivity contribution in [2.24, 2.45) is 0 Å². The molecule has 0 aliphatic heterocycles. The standard InChI is InChI=1S/C12H24Si/c1-3-5-7-8-9-10-12-13-11-6-4-2/h10,12H,3-9,11H2,1-2H3. The van der Waals surface area contributed by atoms with Gasteiger partial charge in [-0.25, -0.2) is 0 Å². The van der Waals surface area contributed by atoms with Gasteiger partial charge in [-0.05, 0) is 12.8 Å². The molecule has 0 aromatic rings. The summed E-state index contributed by atoms with van der Waals surface area (Å²) < 4.78 is 0. The number of hydrogen-bond acceptors (Lipinski definition) is 0. The maximum Gasteiger partial charge on any atom is 0.0698 e. The number of allylic oxidation sites excluding steroid dienone is 1. The summed E-state index contributed by atoms with van der Waals surface area (Å²) in [6.45, 7) is 4.53. The Morgan fingerprint density at radius 3 is 2.38 bits per heavy atom. The first kappa shape index (κ1) is 13.0. The lowest BCUT2D eigenvalue weighted by atomic mass is 10.2. The van der Waals surface area contributed by atoms with Gasteiger partial charge in [-0.3, -0.25) is 0 Å². The quantitative estimate of drug-likeness (QED) is 0.379. The normalized spacial score (nSPS) is 11.2. The fraction of sp³-hybridized carbons (Fsp3) is 0.833. The molecular formula is C12H24Si. The van der Waals surface area contributed by atoms with Gasteiger partial charge in [0.25, 0.3) is 0 Å². The largest absolute Gasteiger partial charge is 0.103 e. The van der Waals surface area contributed by atoms with E-state index in [1.54, 1.807) is 0 Å². The van der Waals surface area contributed by atoms with Crippen LogP contribution in [0.1, 0.15) is 58.8 Å². The van der Waals surface area contributed by atoms with Crippen LogP contribution >= 0.6 is 0 Å². The minimum atomic E-state index is 1.07. The van der Waals surface area contributed by atoms with E-state index >= 15 is 0 Å². The summed E-state index contributed by atoms with van der Waals surface area (Å²) in [6.07, 6.45) is 12.0. The van der Waals surface area contributed by atoms with Crippen molar-refractivity contribution in [3.05, 3.63) is 11.8 Å². The van der Waals surface area contributed by atoms with E-state index in [4.69, 9.17) is 0 Å². The van der Waals surface area contributed by atoms with Gasteiger partial charge in [0, 0.05) is 0 Å². The van der Waals surface area contributed by atoms with E-state index in [2.05, 4.69) is 25.6 Å². The van der Waals surface area contributed by atoms with Crippen molar-refractivity contribution in [3.63, 3.8) is 0 Å². The zero-order valence-electron chi connectivity index (χ0n) is 9.31. The van der Waals surface area contributed by atoms with Crippen LogP contribution in [0.2, 0.25) is 6.04 Å². The molecule has 0 fully saturated rings. The molecule has 0 amide bonds. The van der Waals surface area contributed by atoms with Crippen molar-refractivity contribution in [2.75, 3.05) is 0 Å². The molecule has 0 rings (SSSR count). The Morgan fingerprint density at radius 1 is 0.923 bits per heavy atom. The molecule has 0 heterocycles. The summed E-state index contributed by atoms with van der Waals surface area (Å²) >= 11 is 0. The molecule has 0 bridgehead atoms. The van der Waals surface area contributed by atoms with Crippen LogP contribution in [-0.4, -0.2) is 9.52 Å². The van der Waals surface area contributed by atoms with E-state index < -0.39 is 0 Å². The lowest BCUT2D eigenvalue weighted by Gasteiger charge is -1.94. The molecule has 13 heavy (non-hydrogen) atoms. The molecule has 0 spiro atoms. The third-order valence-corrected chi connectivity index (χ3v) is 3.25. The Kier molecular flexibility index (Phi) is 11.9. The van der Waals surface area contributed by atoms with Gasteiger partial charge < -0.3 is 0 Å². The molecule has 0 aromatic heterocycles. The molecule has 0 unspecified atom stereocenters. The summed E-state index contributed by atoms with van der Waals surface area (Å²) in [6, 6.07) is 1.40. The summed E-state index contributed by atoms with van der Waals surface area (Å²) in [7, 11) is 1.07. The highest BCUT2D eigenvalue weighted by atomic mass is 28.2. The molecule has 0 saturated heterocycles. The minimum absolute atomic E-state index is 1.07. The smallest absolute Gasteiger partial charge is 0.0698 e. The third-order valence-electron chi connectivity index (χ3n) is 2.13. The maximum absolute atomic E-state index is 2.39. The predicted octanol–water partition coefficient (Wildman–Crippen LogP) is 4.39. The van der Waals surface area contributed by atoms with Gasteiger partial charge in [0.1, 0.15) is 0 Å². The molecule has 0 saturated carbocycles. The lowest BCUT2D eigenvalue weighted by molar-refractivity contribution is 0.674. The zero-order valence-corrected chi connectivity index (χ0v) is 10.3. The Morgan fingerprint density at radius 2 is 1.69 bits per heavy atom.